The van der Waals surface area contributed by atoms with Gasteiger partial charge in [-0.15, -0.1) is 10.2 Å². The molecule has 0 atom stereocenters. The standard InChI is InChI=1S/C13H12N4/c1-9-5-6-11(14)10(8-9)13-16-15-12-4-2-3-7-17(12)13/h2-8H,14H2,1H3. The molecule has 4 nitrogen and oxygen atoms in total. The second-order valence-corrected chi connectivity index (χ2v) is 4.04. The van der Waals surface area contributed by atoms with Gasteiger partial charge in [0.15, 0.2) is 11.5 Å². The van der Waals surface area contributed by atoms with E-state index in [0.29, 0.717) is 5.69 Å². The van der Waals surface area contributed by atoms with Crippen molar-refractivity contribution in [3.8, 4) is 11.4 Å². The number of aromatic nitrogens is 3. The Morgan fingerprint density at radius 1 is 1.12 bits per heavy atom. The molecule has 0 aliphatic rings. The summed E-state index contributed by atoms with van der Waals surface area (Å²) >= 11 is 0. The van der Waals surface area contributed by atoms with Crippen molar-refractivity contribution in [2.75, 3.05) is 5.73 Å². The summed E-state index contributed by atoms with van der Waals surface area (Å²) in [6.07, 6.45) is 1.94. The predicted molar refractivity (Wildman–Crippen MR) is 67.6 cm³/mol. The molecule has 0 amide bonds. The molecule has 0 saturated heterocycles. The Labute approximate surface area is 98.7 Å². The van der Waals surface area contributed by atoms with Gasteiger partial charge in [-0.3, -0.25) is 4.40 Å². The molecule has 3 aromatic rings. The van der Waals surface area contributed by atoms with E-state index >= 15 is 0 Å². The Bertz CT molecular complexity index is 685. The molecule has 3 rings (SSSR count). The summed E-state index contributed by atoms with van der Waals surface area (Å²) in [6, 6.07) is 11.7. The number of aryl methyl sites for hydroxylation is 1. The van der Waals surface area contributed by atoms with E-state index < -0.39 is 0 Å². The van der Waals surface area contributed by atoms with Crippen LogP contribution >= 0.6 is 0 Å². The Kier molecular flexibility index (Phi) is 2.08. The van der Waals surface area contributed by atoms with E-state index in [1.807, 2.05) is 53.9 Å². The molecule has 4 heteroatoms. The summed E-state index contributed by atoms with van der Waals surface area (Å²) in [6.45, 7) is 2.03. The van der Waals surface area contributed by atoms with Crippen LogP contribution in [0.4, 0.5) is 5.69 Å². The zero-order valence-corrected chi connectivity index (χ0v) is 9.46. The highest BCUT2D eigenvalue weighted by Gasteiger charge is 2.10. The maximum absolute atomic E-state index is 5.99. The molecule has 0 saturated carbocycles. The number of hydrogen-bond donors (Lipinski definition) is 1. The van der Waals surface area contributed by atoms with Crippen LogP contribution in [0.25, 0.3) is 17.0 Å². The van der Waals surface area contributed by atoms with Gasteiger partial charge in [-0.2, -0.15) is 0 Å². The lowest BCUT2D eigenvalue weighted by molar-refractivity contribution is 1.11. The molecular formula is C13H12N4. The lowest BCUT2D eigenvalue weighted by Crippen LogP contribution is -1.95. The molecule has 1 aromatic carbocycles. The second kappa shape index (κ2) is 3.59. The number of hydrogen-bond acceptors (Lipinski definition) is 3. The van der Waals surface area contributed by atoms with Crippen molar-refractivity contribution >= 4 is 11.3 Å². The molecule has 84 valence electrons. The number of benzene rings is 1. The van der Waals surface area contributed by atoms with Crippen molar-refractivity contribution < 1.29 is 0 Å². The third-order valence-corrected chi connectivity index (χ3v) is 2.76. The third kappa shape index (κ3) is 1.54. The van der Waals surface area contributed by atoms with Crippen LogP contribution in [0.3, 0.4) is 0 Å². The first-order valence-electron chi connectivity index (χ1n) is 5.42. The maximum atomic E-state index is 5.99. The van der Waals surface area contributed by atoms with E-state index in [4.69, 9.17) is 5.73 Å². The van der Waals surface area contributed by atoms with Gasteiger partial charge in [0.1, 0.15) is 0 Å². The van der Waals surface area contributed by atoms with Crippen molar-refractivity contribution in [2.45, 2.75) is 6.92 Å². The van der Waals surface area contributed by atoms with Gasteiger partial charge in [0.2, 0.25) is 0 Å². The molecule has 0 fully saturated rings. The molecule has 2 N–H and O–H groups in total. The van der Waals surface area contributed by atoms with Gasteiger partial charge < -0.3 is 5.73 Å². The Morgan fingerprint density at radius 2 is 2.00 bits per heavy atom. The van der Waals surface area contributed by atoms with E-state index in [-0.39, 0.29) is 0 Å². The lowest BCUT2D eigenvalue weighted by Gasteiger charge is -2.05. The van der Waals surface area contributed by atoms with Gasteiger partial charge in [0.05, 0.1) is 0 Å². The fraction of sp³-hybridized carbons (Fsp3) is 0.0769. The van der Waals surface area contributed by atoms with Gasteiger partial charge in [-0.05, 0) is 31.2 Å². The Hall–Kier alpha value is -2.36. The van der Waals surface area contributed by atoms with Gasteiger partial charge in [0.25, 0.3) is 0 Å². The third-order valence-electron chi connectivity index (χ3n) is 2.76. The highest BCUT2D eigenvalue weighted by atomic mass is 15.2. The highest BCUT2D eigenvalue weighted by Crippen LogP contribution is 2.25. The van der Waals surface area contributed by atoms with E-state index in [0.717, 1.165) is 22.6 Å². The van der Waals surface area contributed by atoms with E-state index in [2.05, 4.69) is 10.2 Å². The average molecular weight is 224 g/mol. The average Bonchev–Trinajstić information content (AvgIpc) is 2.76. The van der Waals surface area contributed by atoms with Gasteiger partial charge in [0, 0.05) is 17.4 Å². The predicted octanol–water partition coefficient (Wildman–Crippen LogP) is 2.29. The minimum Gasteiger partial charge on any atom is -0.398 e. The number of rotatable bonds is 1. The van der Waals surface area contributed by atoms with Crippen LogP contribution < -0.4 is 5.73 Å². The summed E-state index contributed by atoms with van der Waals surface area (Å²) in [5.41, 5.74) is 9.60. The summed E-state index contributed by atoms with van der Waals surface area (Å²) in [5.74, 6) is 0.779. The van der Waals surface area contributed by atoms with Crippen LogP contribution in [0.15, 0.2) is 42.6 Å². The first-order chi connectivity index (χ1) is 8.25. The molecule has 0 unspecified atom stereocenters. The topological polar surface area (TPSA) is 56.2 Å². The normalized spacial score (nSPS) is 10.9. The van der Waals surface area contributed by atoms with Crippen LogP contribution in [0.1, 0.15) is 5.56 Å². The molecular weight excluding hydrogens is 212 g/mol. The van der Waals surface area contributed by atoms with E-state index in [1.165, 1.54) is 0 Å². The highest BCUT2D eigenvalue weighted by molar-refractivity contribution is 5.73. The monoisotopic (exact) mass is 224 g/mol. The summed E-state index contributed by atoms with van der Waals surface area (Å²) < 4.78 is 1.94. The molecule has 0 radical (unpaired) electrons. The van der Waals surface area contributed by atoms with Crippen molar-refractivity contribution in [1.82, 2.24) is 14.6 Å². The zero-order chi connectivity index (χ0) is 11.8. The lowest BCUT2D eigenvalue weighted by atomic mass is 10.1. The Morgan fingerprint density at radius 3 is 2.88 bits per heavy atom. The molecule has 0 aliphatic heterocycles. The molecule has 2 heterocycles. The van der Waals surface area contributed by atoms with Gasteiger partial charge in [-0.1, -0.05) is 17.7 Å². The summed E-state index contributed by atoms with van der Waals surface area (Å²) in [5, 5.41) is 8.32. The molecule has 0 bridgehead atoms. The van der Waals surface area contributed by atoms with Crippen LogP contribution in [0.5, 0.6) is 0 Å². The SMILES string of the molecule is Cc1ccc(N)c(-c2nnc3ccccn23)c1. The molecule has 0 aliphatic carbocycles. The Balaban J connectivity index is 2.31. The van der Waals surface area contributed by atoms with Crippen molar-refractivity contribution in [1.29, 1.82) is 0 Å². The van der Waals surface area contributed by atoms with Gasteiger partial charge >= 0.3 is 0 Å². The first-order valence-corrected chi connectivity index (χ1v) is 5.42. The number of nitrogens with zero attached hydrogens (tertiary/aromatic N) is 3. The summed E-state index contributed by atoms with van der Waals surface area (Å²) in [7, 11) is 0. The van der Waals surface area contributed by atoms with Crippen LogP contribution in [-0.2, 0) is 0 Å². The maximum Gasteiger partial charge on any atom is 0.170 e. The van der Waals surface area contributed by atoms with Crippen LogP contribution in [0.2, 0.25) is 0 Å². The van der Waals surface area contributed by atoms with Gasteiger partial charge in [-0.25, -0.2) is 0 Å². The number of fused-ring (bicyclic) bond motifs is 1. The van der Waals surface area contributed by atoms with Crippen LogP contribution in [-0.4, -0.2) is 14.6 Å². The first kappa shape index (κ1) is 9.84. The number of pyridine rings is 1. The fourth-order valence-corrected chi connectivity index (χ4v) is 1.89. The number of nitrogens with two attached hydrogens (primary N) is 1. The zero-order valence-electron chi connectivity index (χ0n) is 9.46. The second-order valence-electron chi connectivity index (χ2n) is 4.04. The van der Waals surface area contributed by atoms with Crippen LogP contribution in [0, 0.1) is 6.92 Å². The minimum absolute atomic E-state index is 0.716. The molecule has 0 spiro atoms. The molecule has 17 heavy (non-hydrogen) atoms. The quantitative estimate of drug-likeness (QED) is 0.645. The molecule has 2 aromatic heterocycles. The summed E-state index contributed by atoms with van der Waals surface area (Å²) in [4.78, 5) is 0. The number of anilines is 1. The fourth-order valence-electron chi connectivity index (χ4n) is 1.89. The van der Waals surface area contributed by atoms with E-state index in [9.17, 15) is 0 Å². The van der Waals surface area contributed by atoms with Crippen molar-refractivity contribution in [3.63, 3.8) is 0 Å². The minimum atomic E-state index is 0.716. The number of nitrogen functional groups attached to an aromatic ring is 1. The van der Waals surface area contributed by atoms with Crippen molar-refractivity contribution in [2.24, 2.45) is 0 Å². The largest absolute Gasteiger partial charge is 0.398 e. The van der Waals surface area contributed by atoms with Crippen molar-refractivity contribution in [3.05, 3.63) is 48.2 Å². The smallest absolute Gasteiger partial charge is 0.170 e. The van der Waals surface area contributed by atoms with E-state index in [1.54, 1.807) is 0 Å².